The minimum atomic E-state index is -0.0535. The van der Waals surface area contributed by atoms with Gasteiger partial charge in [-0.05, 0) is 46.9 Å². The Morgan fingerprint density at radius 1 is 0.786 bits per heavy atom. The Hall–Kier alpha value is -3.20. The second-order valence-corrected chi connectivity index (χ2v) is 8.40. The molecule has 0 spiro atoms. The van der Waals surface area contributed by atoms with E-state index in [-0.39, 0.29) is 29.6 Å². The Bertz CT molecular complexity index is 1280. The van der Waals surface area contributed by atoms with Gasteiger partial charge in [0.15, 0.2) is 0 Å². The first-order valence-corrected chi connectivity index (χ1v) is 9.95. The molecule has 3 heteroatoms. The lowest BCUT2D eigenvalue weighted by Gasteiger charge is -2.46. The highest BCUT2D eigenvalue weighted by molar-refractivity contribution is 5.98. The monoisotopic (exact) mass is 362 g/mol. The highest BCUT2D eigenvalue weighted by Crippen LogP contribution is 2.63. The van der Waals surface area contributed by atoms with Crippen molar-refractivity contribution in [2.24, 2.45) is 5.92 Å². The molecule has 0 amide bonds. The fourth-order valence-electron chi connectivity index (χ4n) is 6.09. The molecule has 0 unspecified atom stereocenters. The molecule has 0 fully saturated rings. The first-order chi connectivity index (χ1) is 13.7. The van der Waals surface area contributed by atoms with Crippen LogP contribution in [0.5, 0.6) is 0 Å². The molecule has 3 aromatic carbocycles. The smallest absolute Gasteiger partial charge is 0.237 e. The molecule has 1 aromatic heterocycles. The topological polar surface area (TPSA) is 34.9 Å². The van der Waals surface area contributed by atoms with E-state index in [1.54, 1.807) is 0 Å². The standard InChI is InChI=1S/C25H18N2O/c1-13-10-11-18-19(12-13)27-24(26-18)22-20-14-6-2-4-8-16(14)21(23(22)25(27)28)17-9-5-3-7-15(17)20/h2-12,20-23H,1H3/t20?,21?,22-,23-/m1/s1. The second kappa shape index (κ2) is 4.79. The Kier molecular flexibility index (Phi) is 2.54. The molecule has 0 radical (unpaired) electrons. The summed E-state index contributed by atoms with van der Waals surface area (Å²) in [5.41, 5.74) is 8.44. The van der Waals surface area contributed by atoms with Gasteiger partial charge in [0.2, 0.25) is 5.91 Å². The van der Waals surface area contributed by atoms with Gasteiger partial charge in [-0.3, -0.25) is 9.36 Å². The van der Waals surface area contributed by atoms with Gasteiger partial charge in [0.25, 0.3) is 0 Å². The van der Waals surface area contributed by atoms with E-state index in [1.165, 1.54) is 22.3 Å². The van der Waals surface area contributed by atoms with Crippen molar-refractivity contribution in [2.45, 2.75) is 24.7 Å². The molecule has 3 nitrogen and oxygen atoms in total. The van der Waals surface area contributed by atoms with Crippen LogP contribution in [0.3, 0.4) is 0 Å². The van der Waals surface area contributed by atoms with Gasteiger partial charge in [0, 0.05) is 17.8 Å². The van der Waals surface area contributed by atoms with Crippen molar-refractivity contribution in [1.82, 2.24) is 9.55 Å². The molecule has 28 heavy (non-hydrogen) atoms. The molecule has 8 rings (SSSR count). The van der Waals surface area contributed by atoms with Crippen molar-refractivity contribution in [3.8, 4) is 0 Å². The maximum atomic E-state index is 13.7. The largest absolute Gasteiger partial charge is 0.274 e. The van der Waals surface area contributed by atoms with Crippen LogP contribution in [0.15, 0.2) is 66.7 Å². The molecule has 4 aromatic rings. The van der Waals surface area contributed by atoms with Gasteiger partial charge in [0.05, 0.1) is 17.0 Å². The number of nitrogens with zero attached hydrogens (tertiary/aromatic N) is 2. The first-order valence-electron chi connectivity index (χ1n) is 9.95. The molecule has 1 aliphatic heterocycles. The molecule has 0 N–H and O–H groups in total. The third-order valence-corrected chi connectivity index (χ3v) is 7.08. The highest BCUT2D eigenvalue weighted by atomic mass is 16.2. The molecular weight excluding hydrogens is 344 g/mol. The van der Waals surface area contributed by atoms with E-state index in [0.29, 0.717) is 0 Å². The third-order valence-electron chi connectivity index (χ3n) is 7.08. The number of aromatic nitrogens is 2. The lowest BCUT2D eigenvalue weighted by Crippen LogP contribution is -2.39. The van der Waals surface area contributed by atoms with E-state index in [0.717, 1.165) is 22.4 Å². The summed E-state index contributed by atoms with van der Waals surface area (Å²) in [6.07, 6.45) is 0. The Morgan fingerprint density at radius 2 is 1.36 bits per heavy atom. The number of carbonyl (C=O) groups excluding carboxylic acids is 1. The van der Waals surface area contributed by atoms with Crippen molar-refractivity contribution >= 4 is 16.9 Å². The van der Waals surface area contributed by atoms with Crippen LogP contribution < -0.4 is 0 Å². The van der Waals surface area contributed by atoms with Crippen molar-refractivity contribution in [1.29, 1.82) is 0 Å². The maximum absolute atomic E-state index is 13.7. The molecular formula is C25H18N2O. The van der Waals surface area contributed by atoms with Gasteiger partial charge in [-0.2, -0.15) is 0 Å². The summed E-state index contributed by atoms with van der Waals surface area (Å²) in [6.45, 7) is 2.07. The van der Waals surface area contributed by atoms with Crippen molar-refractivity contribution in [2.75, 3.05) is 0 Å². The number of rotatable bonds is 0. The summed E-state index contributed by atoms with van der Waals surface area (Å²) in [6, 6.07) is 23.6. The lowest BCUT2D eigenvalue weighted by atomic mass is 9.55. The van der Waals surface area contributed by atoms with Crippen LogP contribution in [0.2, 0.25) is 0 Å². The summed E-state index contributed by atoms with van der Waals surface area (Å²) in [7, 11) is 0. The Morgan fingerprint density at radius 3 is 1.96 bits per heavy atom. The van der Waals surface area contributed by atoms with Gasteiger partial charge >= 0.3 is 0 Å². The highest BCUT2D eigenvalue weighted by Gasteiger charge is 2.58. The molecule has 0 saturated heterocycles. The zero-order chi connectivity index (χ0) is 18.6. The van der Waals surface area contributed by atoms with Gasteiger partial charge < -0.3 is 0 Å². The third kappa shape index (κ3) is 1.54. The predicted molar refractivity (Wildman–Crippen MR) is 108 cm³/mol. The van der Waals surface area contributed by atoms with Crippen LogP contribution >= 0.6 is 0 Å². The summed E-state index contributed by atoms with van der Waals surface area (Å²) in [4.78, 5) is 18.7. The van der Waals surface area contributed by atoms with E-state index in [4.69, 9.17) is 4.98 Å². The lowest BCUT2D eigenvalue weighted by molar-refractivity contribution is 0.0829. The molecule has 0 saturated carbocycles. The second-order valence-electron chi connectivity index (χ2n) is 8.40. The molecule has 134 valence electrons. The number of imidazole rings is 1. The molecule has 2 atom stereocenters. The number of aryl methyl sites for hydroxylation is 1. The van der Waals surface area contributed by atoms with Gasteiger partial charge in [0.1, 0.15) is 5.82 Å². The molecule has 2 bridgehead atoms. The zero-order valence-corrected chi connectivity index (χ0v) is 15.5. The van der Waals surface area contributed by atoms with Crippen LogP contribution in [-0.2, 0) is 0 Å². The van der Waals surface area contributed by atoms with Crippen LogP contribution in [0.25, 0.3) is 11.0 Å². The van der Waals surface area contributed by atoms with Crippen molar-refractivity contribution in [3.63, 3.8) is 0 Å². The van der Waals surface area contributed by atoms with Gasteiger partial charge in [-0.1, -0.05) is 54.6 Å². The van der Waals surface area contributed by atoms with Crippen molar-refractivity contribution < 1.29 is 4.79 Å². The Balaban J connectivity index is 1.57. The quantitative estimate of drug-likeness (QED) is 0.442. The van der Waals surface area contributed by atoms with Crippen LogP contribution in [0, 0.1) is 12.8 Å². The summed E-state index contributed by atoms with van der Waals surface area (Å²) >= 11 is 0. The molecule has 2 heterocycles. The predicted octanol–water partition coefficient (Wildman–Crippen LogP) is 4.99. The van der Waals surface area contributed by atoms with E-state index in [2.05, 4.69) is 67.6 Å². The minimum Gasteiger partial charge on any atom is -0.274 e. The minimum absolute atomic E-state index is 0.0535. The van der Waals surface area contributed by atoms with E-state index >= 15 is 0 Å². The molecule has 3 aliphatic carbocycles. The van der Waals surface area contributed by atoms with Crippen LogP contribution in [0.4, 0.5) is 0 Å². The average Bonchev–Trinajstić information content (AvgIpc) is 3.24. The number of benzene rings is 3. The van der Waals surface area contributed by atoms with Crippen LogP contribution in [0.1, 0.15) is 56.2 Å². The van der Waals surface area contributed by atoms with E-state index in [1.807, 2.05) is 10.6 Å². The number of hydrogen-bond donors (Lipinski definition) is 0. The maximum Gasteiger partial charge on any atom is 0.237 e. The zero-order valence-electron chi connectivity index (χ0n) is 15.5. The average molecular weight is 362 g/mol. The Labute approximate surface area is 162 Å². The van der Waals surface area contributed by atoms with E-state index in [9.17, 15) is 4.79 Å². The number of carbonyl (C=O) groups is 1. The SMILES string of the molecule is Cc1ccc2nc3n(c2c1)C(=O)[C@@H]1C2c4ccccc4C(c4ccccc42)[C@@H]31. The normalized spacial score (nSPS) is 26.1. The molecule has 4 aliphatic rings. The number of hydrogen-bond acceptors (Lipinski definition) is 2. The summed E-state index contributed by atoms with van der Waals surface area (Å²) < 4.78 is 1.93. The summed E-state index contributed by atoms with van der Waals surface area (Å²) in [5, 5.41) is 0. The first kappa shape index (κ1) is 14.8. The van der Waals surface area contributed by atoms with Gasteiger partial charge in [-0.15, -0.1) is 0 Å². The van der Waals surface area contributed by atoms with Crippen LogP contribution in [-0.4, -0.2) is 15.5 Å². The van der Waals surface area contributed by atoms with Gasteiger partial charge in [-0.25, -0.2) is 4.98 Å². The van der Waals surface area contributed by atoms with E-state index < -0.39 is 0 Å². The fourth-order valence-corrected chi connectivity index (χ4v) is 6.09. The summed E-state index contributed by atoms with van der Waals surface area (Å²) in [5.74, 6) is 1.56. The fraction of sp³-hybridized carbons (Fsp3) is 0.200. The number of fused-ring (bicyclic) bond motifs is 3. The van der Waals surface area contributed by atoms with Crippen molar-refractivity contribution in [3.05, 3.63) is 100 Å².